The van der Waals surface area contributed by atoms with Crippen molar-refractivity contribution in [1.82, 2.24) is 14.9 Å². The van der Waals surface area contributed by atoms with Crippen LogP contribution in [0.5, 0.6) is 0 Å². The van der Waals surface area contributed by atoms with Crippen LogP contribution in [-0.2, 0) is 6.42 Å². The van der Waals surface area contributed by atoms with E-state index in [-0.39, 0.29) is 17.8 Å². The highest BCUT2D eigenvalue weighted by molar-refractivity contribution is 6.04. The molecule has 3 aromatic rings. The summed E-state index contributed by atoms with van der Waals surface area (Å²) in [7, 11) is 0. The van der Waals surface area contributed by atoms with Crippen molar-refractivity contribution in [2.75, 3.05) is 6.54 Å². The van der Waals surface area contributed by atoms with Crippen LogP contribution in [0.2, 0.25) is 0 Å². The number of para-hydroxylation sites is 1. The monoisotopic (exact) mass is 321 g/mol. The Morgan fingerprint density at radius 1 is 1.21 bits per heavy atom. The van der Waals surface area contributed by atoms with Crippen LogP contribution >= 0.6 is 0 Å². The third-order valence-corrected chi connectivity index (χ3v) is 4.64. The van der Waals surface area contributed by atoms with Gasteiger partial charge in [0, 0.05) is 18.9 Å². The quantitative estimate of drug-likeness (QED) is 0.689. The number of amides is 1. The van der Waals surface area contributed by atoms with Gasteiger partial charge in [-0.3, -0.25) is 14.8 Å². The Bertz CT molecular complexity index is 936. The smallest absolute Gasteiger partial charge is 0.256 e. The van der Waals surface area contributed by atoms with Crippen molar-refractivity contribution >= 4 is 16.9 Å². The highest BCUT2D eigenvalue weighted by Gasteiger charge is 2.29. The minimum absolute atomic E-state index is 0.0940. The fourth-order valence-electron chi connectivity index (χ4n) is 3.38. The van der Waals surface area contributed by atoms with Crippen LogP contribution in [0, 0.1) is 5.82 Å². The molecule has 5 heteroatoms. The number of carbonyl (C=O) groups is 1. The van der Waals surface area contributed by atoms with Gasteiger partial charge in [-0.25, -0.2) is 4.39 Å². The normalized spacial score (nSPS) is 16.9. The van der Waals surface area contributed by atoms with Gasteiger partial charge < -0.3 is 4.90 Å². The Labute approximate surface area is 139 Å². The van der Waals surface area contributed by atoms with E-state index in [1.807, 2.05) is 25.1 Å². The summed E-state index contributed by atoms with van der Waals surface area (Å²) in [6.45, 7) is 2.54. The summed E-state index contributed by atoms with van der Waals surface area (Å²) < 4.78 is 13.6. The largest absolute Gasteiger partial charge is 0.331 e. The summed E-state index contributed by atoms with van der Waals surface area (Å²) in [4.78, 5) is 23.4. The van der Waals surface area contributed by atoms with Gasteiger partial charge in [-0.2, -0.15) is 0 Å². The highest BCUT2D eigenvalue weighted by atomic mass is 19.1. The molecule has 4 nitrogen and oxygen atoms in total. The molecule has 0 aliphatic carbocycles. The Morgan fingerprint density at radius 2 is 2.04 bits per heavy atom. The van der Waals surface area contributed by atoms with Crippen molar-refractivity contribution in [3.05, 3.63) is 71.3 Å². The fourth-order valence-corrected chi connectivity index (χ4v) is 3.38. The molecule has 120 valence electrons. The van der Waals surface area contributed by atoms with Gasteiger partial charge in [-0.1, -0.05) is 12.1 Å². The zero-order valence-electron chi connectivity index (χ0n) is 13.2. The van der Waals surface area contributed by atoms with Crippen LogP contribution in [0.3, 0.4) is 0 Å². The molecule has 4 rings (SSSR count). The van der Waals surface area contributed by atoms with Crippen LogP contribution in [0.25, 0.3) is 11.0 Å². The molecule has 1 aliphatic heterocycles. The Hall–Kier alpha value is -2.82. The summed E-state index contributed by atoms with van der Waals surface area (Å²) in [5, 5.41) is 0. The second-order valence-electron chi connectivity index (χ2n) is 6.00. The van der Waals surface area contributed by atoms with Gasteiger partial charge in [-0.15, -0.1) is 0 Å². The van der Waals surface area contributed by atoms with Gasteiger partial charge in [0.15, 0.2) is 0 Å². The topological polar surface area (TPSA) is 46.1 Å². The SMILES string of the molecule is C[C@H]1c2cc(F)ccc2CCN1C(=O)c1cccc2nccnc12. The van der Waals surface area contributed by atoms with Gasteiger partial charge in [-0.05, 0) is 48.7 Å². The van der Waals surface area contributed by atoms with E-state index >= 15 is 0 Å². The van der Waals surface area contributed by atoms with Crippen molar-refractivity contribution in [2.24, 2.45) is 0 Å². The number of hydrogen-bond donors (Lipinski definition) is 0. The third kappa shape index (κ3) is 2.33. The molecule has 0 saturated carbocycles. The molecule has 2 heterocycles. The summed E-state index contributed by atoms with van der Waals surface area (Å²) >= 11 is 0. The average Bonchev–Trinajstić information content (AvgIpc) is 2.61. The lowest BCUT2D eigenvalue weighted by Crippen LogP contribution is -2.39. The maximum absolute atomic E-state index is 13.6. The standard InChI is InChI=1S/C19H16FN3O/c1-12-16-11-14(20)6-5-13(16)7-10-23(12)19(24)15-3-2-4-17-18(15)22-9-8-21-17/h2-6,8-9,11-12H,7,10H2,1H3/t12-/m0/s1. The van der Waals surface area contributed by atoms with Gasteiger partial charge in [0.2, 0.25) is 0 Å². The number of benzene rings is 2. The van der Waals surface area contributed by atoms with E-state index in [1.165, 1.54) is 12.1 Å². The van der Waals surface area contributed by atoms with Gasteiger partial charge in [0.1, 0.15) is 11.3 Å². The molecule has 2 aromatic carbocycles. The first-order chi connectivity index (χ1) is 11.6. The molecular formula is C19H16FN3O. The van der Waals surface area contributed by atoms with Crippen LogP contribution in [0.4, 0.5) is 4.39 Å². The van der Waals surface area contributed by atoms with E-state index < -0.39 is 0 Å². The van der Waals surface area contributed by atoms with Crippen molar-refractivity contribution in [2.45, 2.75) is 19.4 Å². The summed E-state index contributed by atoms with van der Waals surface area (Å²) in [5.74, 6) is -0.366. The van der Waals surface area contributed by atoms with E-state index in [4.69, 9.17) is 0 Å². The predicted molar refractivity (Wildman–Crippen MR) is 89.1 cm³/mol. The van der Waals surface area contributed by atoms with E-state index in [2.05, 4.69) is 9.97 Å². The average molecular weight is 321 g/mol. The number of carbonyl (C=O) groups excluding carboxylic acids is 1. The Morgan fingerprint density at radius 3 is 2.92 bits per heavy atom. The molecule has 0 radical (unpaired) electrons. The van der Waals surface area contributed by atoms with Crippen molar-refractivity contribution in [3.8, 4) is 0 Å². The lowest BCUT2D eigenvalue weighted by atomic mass is 9.92. The number of aromatic nitrogens is 2. The van der Waals surface area contributed by atoms with Crippen molar-refractivity contribution < 1.29 is 9.18 Å². The van der Waals surface area contributed by atoms with Crippen LogP contribution in [0.15, 0.2) is 48.8 Å². The molecule has 0 N–H and O–H groups in total. The number of halogens is 1. The number of fused-ring (bicyclic) bond motifs is 2. The first-order valence-electron chi connectivity index (χ1n) is 7.94. The highest BCUT2D eigenvalue weighted by Crippen LogP contribution is 2.31. The van der Waals surface area contributed by atoms with Crippen molar-refractivity contribution in [1.29, 1.82) is 0 Å². The number of hydrogen-bond acceptors (Lipinski definition) is 3. The molecule has 0 saturated heterocycles. The zero-order valence-corrected chi connectivity index (χ0v) is 13.2. The summed E-state index contributed by atoms with van der Waals surface area (Å²) in [6.07, 6.45) is 3.92. The third-order valence-electron chi connectivity index (χ3n) is 4.64. The number of rotatable bonds is 1. The Kier molecular flexibility index (Phi) is 3.49. The summed E-state index contributed by atoms with van der Waals surface area (Å²) in [6, 6.07) is 10.1. The molecule has 0 spiro atoms. The van der Waals surface area contributed by atoms with E-state index in [9.17, 15) is 9.18 Å². The minimum Gasteiger partial charge on any atom is -0.331 e. The van der Waals surface area contributed by atoms with E-state index in [0.29, 0.717) is 23.1 Å². The Balaban J connectivity index is 1.75. The molecular weight excluding hydrogens is 305 g/mol. The molecule has 0 bridgehead atoms. The second kappa shape index (κ2) is 5.67. The van der Waals surface area contributed by atoms with Crippen LogP contribution in [-0.4, -0.2) is 27.3 Å². The first kappa shape index (κ1) is 14.8. The molecule has 24 heavy (non-hydrogen) atoms. The molecule has 0 unspecified atom stereocenters. The molecule has 1 amide bonds. The second-order valence-corrected chi connectivity index (χ2v) is 6.00. The van der Waals surface area contributed by atoms with Gasteiger partial charge >= 0.3 is 0 Å². The molecule has 1 aliphatic rings. The minimum atomic E-state index is -0.272. The fraction of sp³-hybridized carbons (Fsp3) is 0.211. The van der Waals surface area contributed by atoms with Gasteiger partial charge in [0.05, 0.1) is 17.1 Å². The first-order valence-corrected chi connectivity index (χ1v) is 7.94. The van der Waals surface area contributed by atoms with Crippen molar-refractivity contribution in [3.63, 3.8) is 0 Å². The number of nitrogens with zero attached hydrogens (tertiary/aromatic N) is 3. The molecule has 0 fully saturated rings. The molecule has 1 aromatic heterocycles. The maximum atomic E-state index is 13.6. The van der Waals surface area contributed by atoms with E-state index in [0.717, 1.165) is 17.5 Å². The lowest BCUT2D eigenvalue weighted by molar-refractivity contribution is 0.0679. The van der Waals surface area contributed by atoms with Crippen LogP contribution < -0.4 is 0 Å². The zero-order chi connectivity index (χ0) is 16.7. The lowest BCUT2D eigenvalue weighted by Gasteiger charge is -2.35. The predicted octanol–water partition coefficient (Wildman–Crippen LogP) is 3.53. The molecule has 1 atom stereocenters. The summed E-state index contributed by atoms with van der Waals surface area (Å²) in [5.41, 5.74) is 3.81. The maximum Gasteiger partial charge on any atom is 0.256 e. The van der Waals surface area contributed by atoms with E-state index in [1.54, 1.807) is 23.4 Å². The van der Waals surface area contributed by atoms with Gasteiger partial charge in [0.25, 0.3) is 5.91 Å². The van der Waals surface area contributed by atoms with Crippen LogP contribution in [0.1, 0.15) is 34.5 Å².